The van der Waals surface area contributed by atoms with Crippen LogP contribution in [0.3, 0.4) is 0 Å². The number of rotatable bonds is 7. The lowest BCUT2D eigenvalue weighted by Gasteiger charge is -2.31. The Morgan fingerprint density at radius 2 is 1.65 bits per heavy atom. The second-order valence-corrected chi connectivity index (χ2v) is 7.60. The molecule has 1 atom stereocenters. The molecule has 6 nitrogen and oxygen atoms in total. The minimum Gasteiger partial charge on any atom is -0.324 e. The molecule has 0 saturated heterocycles. The van der Waals surface area contributed by atoms with E-state index in [2.05, 4.69) is 15.3 Å². The minimum atomic E-state index is -1.02. The predicted molar refractivity (Wildman–Crippen MR) is 129 cm³/mol. The first-order chi connectivity index (χ1) is 16.6. The van der Waals surface area contributed by atoms with Crippen LogP contribution >= 0.6 is 0 Å². The maximum absolute atomic E-state index is 13.7. The SMILES string of the molecule is CCc1ccc([C@@H](C(=O)Nc2ccc(F)cc2)N(C(=O)c2cnccn2)c2ccccc2)cc1. The van der Waals surface area contributed by atoms with E-state index in [1.165, 1.54) is 47.8 Å². The van der Waals surface area contributed by atoms with Crippen LogP contribution in [0.25, 0.3) is 0 Å². The molecule has 3 aromatic carbocycles. The maximum Gasteiger partial charge on any atom is 0.279 e. The number of carbonyl (C=O) groups is 2. The first kappa shape index (κ1) is 22.8. The van der Waals surface area contributed by atoms with E-state index in [4.69, 9.17) is 0 Å². The van der Waals surface area contributed by atoms with Crippen molar-refractivity contribution in [3.63, 3.8) is 0 Å². The van der Waals surface area contributed by atoms with Crippen molar-refractivity contribution in [3.8, 4) is 0 Å². The number of aryl methyl sites for hydroxylation is 1. The van der Waals surface area contributed by atoms with Crippen molar-refractivity contribution in [2.45, 2.75) is 19.4 Å². The molecule has 0 aliphatic heterocycles. The van der Waals surface area contributed by atoms with Gasteiger partial charge in [0.15, 0.2) is 0 Å². The lowest BCUT2D eigenvalue weighted by Crippen LogP contribution is -2.42. The van der Waals surface area contributed by atoms with E-state index in [-0.39, 0.29) is 5.69 Å². The second kappa shape index (κ2) is 10.5. The molecule has 170 valence electrons. The molecule has 0 saturated carbocycles. The Hall–Kier alpha value is -4.39. The number of amides is 2. The number of hydrogen-bond acceptors (Lipinski definition) is 4. The van der Waals surface area contributed by atoms with E-state index >= 15 is 0 Å². The highest BCUT2D eigenvalue weighted by Gasteiger charge is 2.34. The lowest BCUT2D eigenvalue weighted by atomic mass is 10.00. The van der Waals surface area contributed by atoms with E-state index in [9.17, 15) is 14.0 Å². The molecule has 0 aliphatic rings. The fourth-order valence-electron chi connectivity index (χ4n) is 3.60. The Labute approximate surface area is 197 Å². The molecule has 0 radical (unpaired) electrons. The van der Waals surface area contributed by atoms with Gasteiger partial charge in [-0.1, -0.05) is 49.4 Å². The molecule has 1 N–H and O–H groups in total. The number of nitrogens with zero attached hydrogens (tertiary/aromatic N) is 3. The van der Waals surface area contributed by atoms with E-state index in [1.807, 2.05) is 37.3 Å². The van der Waals surface area contributed by atoms with Crippen molar-refractivity contribution in [2.24, 2.45) is 0 Å². The number of aromatic nitrogens is 2. The summed E-state index contributed by atoms with van der Waals surface area (Å²) in [5.74, 6) is -1.33. The molecule has 0 bridgehead atoms. The molecule has 4 rings (SSSR count). The zero-order chi connectivity index (χ0) is 23.9. The van der Waals surface area contributed by atoms with Gasteiger partial charge in [-0.05, 0) is 53.9 Å². The van der Waals surface area contributed by atoms with Gasteiger partial charge in [-0.2, -0.15) is 0 Å². The number of nitrogens with one attached hydrogen (secondary N) is 1. The van der Waals surface area contributed by atoms with Gasteiger partial charge >= 0.3 is 0 Å². The molecule has 4 aromatic rings. The first-order valence-corrected chi connectivity index (χ1v) is 10.9. The molecule has 0 fully saturated rings. The molecular formula is C27H23FN4O2. The van der Waals surface area contributed by atoms with Gasteiger partial charge in [0, 0.05) is 23.8 Å². The number of halogens is 1. The van der Waals surface area contributed by atoms with Gasteiger partial charge in [-0.15, -0.1) is 0 Å². The average molecular weight is 455 g/mol. The monoisotopic (exact) mass is 454 g/mol. The highest BCUT2D eigenvalue weighted by Crippen LogP contribution is 2.30. The van der Waals surface area contributed by atoms with Crippen LogP contribution in [0.5, 0.6) is 0 Å². The van der Waals surface area contributed by atoms with Crippen LogP contribution in [0.15, 0.2) is 97.5 Å². The summed E-state index contributed by atoms with van der Waals surface area (Å²) in [6.45, 7) is 2.04. The quantitative estimate of drug-likeness (QED) is 0.416. The third-order valence-electron chi connectivity index (χ3n) is 5.36. The van der Waals surface area contributed by atoms with Gasteiger partial charge in [0.25, 0.3) is 11.8 Å². The second-order valence-electron chi connectivity index (χ2n) is 7.60. The zero-order valence-corrected chi connectivity index (χ0v) is 18.6. The smallest absolute Gasteiger partial charge is 0.279 e. The van der Waals surface area contributed by atoms with E-state index in [1.54, 1.807) is 24.3 Å². The Kier molecular flexibility index (Phi) is 7.03. The highest BCUT2D eigenvalue weighted by atomic mass is 19.1. The Morgan fingerprint density at radius 3 is 2.26 bits per heavy atom. The first-order valence-electron chi connectivity index (χ1n) is 10.9. The molecular weight excluding hydrogens is 431 g/mol. The number of anilines is 2. The zero-order valence-electron chi connectivity index (χ0n) is 18.6. The van der Waals surface area contributed by atoms with Crippen molar-refractivity contribution in [2.75, 3.05) is 10.2 Å². The van der Waals surface area contributed by atoms with Gasteiger partial charge in [0.05, 0.1) is 6.20 Å². The van der Waals surface area contributed by atoms with Crippen molar-refractivity contribution in [1.82, 2.24) is 9.97 Å². The molecule has 2 amide bonds. The lowest BCUT2D eigenvalue weighted by molar-refractivity contribution is -0.117. The van der Waals surface area contributed by atoms with Gasteiger partial charge in [-0.25, -0.2) is 9.37 Å². The third-order valence-corrected chi connectivity index (χ3v) is 5.36. The summed E-state index contributed by atoms with van der Waals surface area (Å²) >= 11 is 0. The molecule has 0 spiro atoms. The van der Waals surface area contributed by atoms with Crippen LogP contribution in [0, 0.1) is 5.82 Å². The molecule has 1 heterocycles. The van der Waals surface area contributed by atoms with Gasteiger partial charge in [-0.3, -0.25) is 19.5 Å². The molecule has 34 heavy (non-hydrogen) atoms. The van der Waals surface area contributed by atoms with Gasteiger partial charge in [0.2, 0.25) is 0 Å². The maximum atomic E-state index is 13.7. The van der Waals surface area contributed by atoms with Gasteiger partial charge < -0.3 is 5.32 Å². The van der Waals surface area contributed by atoms with Crippen molar-refractivity contribution >= 4 is 23.2 Å². The Morgan fingerprint density at radius 1 is 0.941 bits per heavy atom. The summed E-state index contributed by atoms with van der Waals surface area (Å²) in [6.07, 6.45) is 5.12. The number of carbonyl (C=O) groups excluding carboxylic acids is 2. The molecule has 1 aromatic heterocycles. The number of benzene rings is 3. The molecule has 0 unspecified atom stereocenters. The van der Waals surface area contributed by atoms with Crippen LogP contribution in [0.2, 0.25) is 0 Å². The fraction of sp³-hybridized carbons (Fsp3) is 0.111. The summed E-state index contributed by atoms with van der Waals surface area (Å²) in [7, 11) is 0. The van der Waals surface area contributed by atoms with Crippen LogP contribution in [-0.2, 0) is 11.2 Å². The standard InChI is InChI=1S/C27H23FN4O2/c1-2-19-8-10-20(11-9-19)25(26(33)31-22-14-12-21(28)13-15-22)32(23-6-4-3-5-7-23)27(34)24-18-29-16-17-30-24/h3-18,25H,2H2,1H3,(H,31,33)/t25-/m0/s1. The van der Waals surface area contributed by atoms with E-state index in [0.717, 1.165) is 12.0 Å². The van der Waals surface area contributed by atoms with Crippen LogP contribution < -0.4 is 10.2 Å². The summed E-state index contributed by atoms with van der Waals surface area (Å²) in [5, 5.41) is 2.82. The number of para-hydroxylation sites is 1. The van der Waals surface area contributed by atoms with Crippen molar-refractivity contribution in [1.29, 1.82) is 0 Å². The summed E-state index contributed by atoms with van der Waals surface area (Å²) in [5.41, 5.74) is 2.78. The van der Waals surface area contributed by atoms with E-state index in [0.29, 0.717) is 16.9 Å². The third kappa shape index (κ3) is 5.15. The van der Waals surface area contributed by atoms with E-state index < -0.39 is 23.7 Å². The van der Waals surface area contributed by atoms with Crippen LogP contribution in [0.1, 0.15) is 34.6 Å². The average Bonchev–Trinajstić information content (AvgIpc) is 2.89. The molecule has 0 aliphatic carbocycles. The van der Waals surface area contributed by atoms with Crippen molar-refractivity contribution in [3.05, 3.63) is 120 Å². The van der Waals surface area contributed by atoms with Crippen molar-refractivity contribution < 1.29 is 14.0 Å². The minimum absolute atomic E-state index is 0.108. The Bertz CT molecular complexity index is 1250. The van der Waals surface area contributed by atoms with Crippen LogP contribution in [-0.4, -0.2) is 21.8 Å². The highest BCUT2D eigenvalue weighted by molar-refractivity contribution is 6.11. The predicted octanol–water partition coefficient (Wildman–Crippen LogP) is 5.20. The molecule has 7 heteroatoms. The fourth-order valence-corrected chi connectivity index (χ4v) is 3.60. The Balaban J connectivity index is 1.82. The van der Waals surface area contributed by atoms with Crippen LogP contribution in [0.4, 0.5) is 15.8 Å². The topological polar surface area (TPSA) is 75.2 Å². The normalized spacial score (nSPS) is 11.5. The largest absolute Gasteiger partial charge is 0.324 e. The van der Waals surface area contributed by atoms with Gasteiger partial charge in [0.1, 0.15) is 17.6 Å². The summed E-state index contributed by atoms with van der Waals surface area (Å²) < 4.78 is 13.4. The summed E-state index contributed by atoms with van der Waals surface area (Å²) in [6, 6.07) is 20.9. The summed E-state index contributed by atoms with van der Waals surface area (Å²) in [4.78, 5) is 36.9. The number of hydrogen-bond donors (Lipinski definition) is 1.